The number of benzene rings is 3. The Bertz CT molecular complexity index is 1450. The summed E-state index contributed by atoms with van der Waals surface area (Å²) in [5.74, 6) is 0.481. The molecule has 42 heavy (non-hydrogen) atoms. The smallest absolute Gasteiger partial charge is 0.264 e. The van der Waals surface area contributed by atoms with Gasteiger partial charge in [0, 0.05) is 18.7 Å². The van der Waals surface area contributed by atoms with E-state index in [2.05, 4.69) is 5.32 Å². The first kappa shape index (κ1) is 32.3. The molecule has 0 saturated carbocycles. The minimum atomic E-state index is -4.21. The molecule has 0 heterocycles. The molecule has 10 nitrogen and oxygen atoms in total. The Balaban J connectivity index is 2.10. The molecule has 3 rings (SSSR count). The van der Waals surface area contributed by atoms with Crippen LogP contribution in [0.1, 0.15) is 32.8 Å². The van der Waals surface area contributed by atoms with Crippen molar-refractivity contribution in [2.24, 2.45) is 0 Å². The van der Waals surface area contributed by atoms with Crippen LogP contribution in [0.2, 0.25) is 0 Å². The molecular weight excluding hydrogens is 558 g/mol. The van der Waals surface area contributed by atoms with Crippen molar-refractivity contribution in [3.05, 3.63) is 78.4 Å². The molecule has 3 aromatic rings. The topological polar surface area (TPSA) is 114 Å². The average Bonchev–Trinajstić information content (AvgIpc) is 2.99. The summed E-state index contributed by atoms with van der Waals surface area (Å²) in [6, 6.07) is 18.6. The van der Waals surface area contributed by atoms with E-state index in [1.165, 1.54) is 37.3 Å². The maximum atomic E-state index is 14.2. The molecule has 0 fully saturated rings. The summed E-state index contributed by atoms with van der Waals surface area (Å²) in [7, 11) is 0.270. The Morgan fingerprint density at radius 1 is 0.857 bits per heavy atom. The minimum Gasteiger partial charge on any atom is -0.497 e. The first-order chi connectivity index (χ1) is 20.0. The van der Waals surface area contributed by atoms with Gasteiger partial charge in [-0.25, -0.2) is 8.42 Å². The van der Waals surface area contributed by atoms with Crippen LogP contribution < -0.4 is 23.8 Å². The Hall–Kier alpha value is -4.25. The molecule has 3 aromatic carbocycles. The number of nitrogens with one attached hydrogen (secondary N) is 1. The summed E-state index contributed by atoms with van der Waals surface area (Å²) in [4.78, 5) is 28.9. The van der Waals surface area contributed by atoms with Gasteiger partial charge in [-0.2, -0.15) is 0 Å². The van der Waals surface area contributed by atoms with Gasteiger partial charge in [0.2, 0.25) is 11.8 Å². The highest BCUT2D eigenvalue weighted by molar-refractivity contribution is 7.92. The summed E-state index contributed by atoms with van der Waals surface area (Å²) in [5.41, 5.74) is 0.956. The molecule has 0 spiro atoms. The molecule has 0 bridgehead atoms. The number of anilines is 1. The molecule has 0 aliphatic carbocycles. The third kappa shape index (κ3) is 7.73. The van der Waals surface area contributed by atoms with Gasteiger partial charge in [-0.15, -0.1) is 0 Å². The van der Waals surface area contributed by atoms with Crippen molar-refractivity contribution in [1.82, 2.24) is 10.2 Å². The lowest BCUT2D eigenvalue weighted by molar-refractivity contribution is -0.140. The summed E-state index contributed by atoms with van der Waals surface area (Å²) < 4.78 is 45.0. The number of carbonyl (C=O) groups excluding carboxylic acids is 2. The van der Waals surface area contributed by atoms with E-state index in [-0.39, 0.29) is 29.1 Å². The number of nitrogens with zero attached hydrogens (tertiary/aromatic N) is 2. The number of hydrogen-bond acceptors (Lipinski definition) is 7. The highest BCUT2D eigenvalue weighted by atomic mass is 32.2. The second kappa shape index (κ2) is 14.6. The van der Waals surface area contributed by atoms with Gasteiger partial charge in [0.15, 0.2) is 11.5 Å². The molecule has 0 aliphatic heterocycles. The molecule has 0 unspecified atom stereocenters. The van der Waals surface area contributed by atoms with E-state index < -0.39 is 28.5 Å². The van der Waals surface area contributed by atoms with Gasteiger partial charge >= 0.3 is 0 Å². The third-order valence-corrected chi connectivity index (χ3v) is 8.38. The van der Waals surface area contributed by atoms with Crippen LogP contribution in [0.15, 0.2) is 77.7 Å². The van der Waals surface area contributed by atoms with Gasteiger partial charge < -0.3 is 24.4 Å². The van der Waals surface area contributed by atoms with Crippen LogP contribution >= 0.6 is 0 Å². The Kier molecular flexibility index (Phi) is 11.2. The van der Waals surface area contributed by atoms with Gasteiger partial charge in [-0.1, -0.05) is 37.3 Å². The minimum absolute atomic E-state index is 0.0129. The Morgan fingerprint density at radius 2 is 1.50 bits per heavy atom. The number of rotatable bonds is 14. The first-order valence-electron chi connectivity index (χ1n) is 13.6. The molecule has 1 N–H and O–H groups in total. The van der Waals surface area contributed by atoms with Crippen molar-refractivity contribution in [3.63, 3.8) is 0 Å². The summed E-state index contributed by atoms with van der Waals surface area (Å²) in [5, 5.41) is 2.89. The van der Waals surface area contributed by atoms with E-state index >= 15 is 0 Å². The molecule has 0 aromatic heterocycles. The van der Waals surface area contributed by atoms with Crippen molar-refractivity contribution in [2.45, 2.75) is 50.7 Å². The van der Waals surface area contributed by atoms with E-state index in [1.807, 2.05) is 20.8 Å². The van der Waals surface area contributed by atoms with Crippen LogP contribution in [0, 0.1) is 0 Å². The van der Waals surface area contributed by atoms with Crippen LogP contribution in [-0.2, 0) is 26.2 Å². The molecule has 11 heteroatoms. The van der Waals surface area contributed by atoms with Crippen LogP contribution in [0.3, 0.4) is 0 Å². The lowest BCUT2D eigenvalue weighted by atomic mass is 10.1. The zero-order chi connectivity index (χ0) is 30.9. The average molecular weight is 598 g/mol. The predicted molar refractivity (Wildman–Crippen MR) is 161 cm³/mol. The molecule has 0 aliphatic rings. The molecule has 0 saturated heterocycles. The van der Waals surface area contributed by atoms with Crippen molar-refractivity contribution >= 4 is 27.5 Å². The van der Waals surface area contributed by atoms with Gasteiger partial charge in [-0.3, -0.25) is 13.9 Å². The molecule has 226 valence electrons. The van der Waals surface area contributed by atoms with Crippen LogP contribution in [0.4, 0.5) is 5.69 Å². The second-order valence-corrected chi connectivity index (χ2v) is 11.7. The summed E-state index contributed by atoms with van der Waals surface area (Å²) >= 11 is 0. The Labute approximate surface area is 248 Å². The van der Waals surface area contributed by atoms with Gasteiger partial charge in [-0.05, 0) is 62.2 Å². The Morgan fingerprint density at radius 3 is 2.05 bits per heavy atom. The fourth-order valence-electron chi connectivity index (χ4n) is 4.46. The molecule has 0 radical (unpaired) electrons. The fourth-order valence-corrected chi connectivity index (χ4v) is 5.88. The van der Waals surface area contributed by atoms with Crippen molar-refractivity contribution < 1.29 is 32.2 Å². The maximum absolute atomic E-state index is 14.2. The lowest BCUT2D eigenvalue weighted by Crippen LogP contribution is -2.53. The van der Waals surface area contributed by atoms with E-state index in [4.69, 9.17) is 14.2 Å². The molecule has 2 amide bonds. The lowest BCUT2D eigenvalue weighted by Gasteiger charge is -2.33. The second-order valence-electron chi connectivity index (χ2n) is 9.82. The highest BCUT2D eigenvalue weighted by Crippen LogP contribution is 2.34. The number of ether oxygens (including phenoxy) is 3. The SMILES string of the molecule is CC[C@H](C(=O)NC(C)C)N(Cc1ccc(OC)cc1)C(=O)CN(c1ccc(OC)c(OC)c1)S(=O)(=O)c1ccccc1. The fraction of sp³-hybridized carbons (Fsp3) is 0.355. The van der Waals surface area contributed by atoms with Crippen molar-refractivity contribution in [1.29, 1.82) is 0 Å². The maximum Gasteiger partial charge on any atom is 0.264 e. The number of sulfonamides is 1. The van der Waals surface area contributed by atoms with Gasteiger partial charge in [0.05, 0.1) is 31.9 Å². The van der Waals surface area contributed by atoms with Crippen LogP contribution in [-0.4, -0.2) is 65.1 Å². The van der Waals surface area contributed by atoms with Gasteiger partial charge in [0.25, 0.3) is 10.0 Å². The van der Waals surface area contributed by atoms with E-state index in [9.17, 15) is 18.0 Å². The predicted octanol–water partition coefficient (Wildman–Crippen LogP) is 4.24. The first-order valence-corrected chi connectivity index (χ1v) is 15.0. The van der Waals surface area contributed by atoms with Crippen molar-refractivity contribution in [3.8, 4) is 17.2 Å². The summed E-state index contributed by atoms with van der Waals surface area (Å²) in [6.07, 6.45) is 0.322. The van der Waals surface area contributed by atoms with Crippen LogP contribution in [0.5, 0.6) is 17.2 Å². The van der Waals surface area contributed by atoms with Gasteiger partial charge in [0.1, 0.15) is 18.3 Å². The number of carbonyl (C=O) groups is 2. The quantitative estimate of drug-likeness (QED) is 0.296. The zero-order valence-electron chi connectivity index (χ0n) is 24.9. The third-order valence-electron chi connectivity index (χ3n) is 6.59. The standard InChI is InChI=1S/C31H39N3O7S/c1-7-27(31(36)32-22(2)3)33(20-23-13-16-25(39-4)17-14-23)30(35)21-34(42(37,38)26-11-9-8-10-12-26)24-15-18-28(40-5)29(19-24)41-6/h8-19,22,27H,7,20-21H2,1-6H3,(H,32,36)/t27-/m1/s1. The van der Waals surface area contributed by atoms with E-state index in [0.717, 1.165) is 9.87 Å². The zero-order valence-corrected chi connectivity index (χ0v) is 25.7. The normalized spacial score (nSPS) is 11.9. The number of hydrogen-bond donors (Lipinski definition) is 1. The monoisotopic (exact) mass is 597 g/mol. The number of methoxy groups -OCH3 is 3. The highest BCUT2D eigenvalue weighted by Gasteiger charge is 2.34. The largest absolute Gasteiger partial charge is 0.497 e. The number of amides is 2. The van der Waals surface area contributed by atoms with Crippen LogP contribution in [0.25, 0.3) is 0 Å². The van der Waals surface area contributed by atoms with E-state index in [0.29, 0.717) is 23.7 Å². The van der Waals surface area contributed by atoms with E-state index in [1.54, 1.807) is 61.7 Å². The van der Waals surface area contributed by atoms with Crippen molar-refractivity contribution in [2.75, 3.05) is 32.2 Å². The molecule has 1 atom stereocenters. The molecular formula is C31H39N3O7S. The summed E-state index contributed by atoms with van der Waals surface area (Å²) in [6.45, 7) is 5.01.